The van der Waals surface area contributed by atoms with Gasteiger partial charge in [0.2, 0.25) is 18.0 Å². The van der Waals surface area contributed by atoms with Crippen LogP contribution in [0, 0.1) is 23.7 Å². The van der Waals surface area contributed by atoms with Gasteiger partial charge in [-0.2, -0.15) is 12.6 Å². The molecule has 1 spiro atoms. The summed E-state index contributed by atoms with van der Waals surface area (Å²) < 4.78 is 18.0. The summed E-state index contributed by atoms with van der Waals surface area (Å²) in [5, 5.41) is 11.3. The van der Waals surface area contributed by atoms with Gasteiger partial charge in [-0.1, -0.05) is 13.8 Å². The van der Waals surface area contributed by atoms with Crippen molar-refractivity contribution in [3.8, 4) is 0 Å². The zero-order valence-corrected chi connectivity index (χ0v) is 20.0. The van der Waals surface area contributed by atoms with Crippen molar-refractivity contribution in [1.29, 1.82) is 0 Å². The predicted octanol–water partition coefficient (Wildman–Crippen LogP) is 2.02. The normalized spacial score (nSPS) is 42.5. The highest BCUT2D eigenvalue weighted by molar-refractivity contribution is 7.80. The number of fused-ring (bicyclic) bond motifs is 2. The minimum absolute atomic E-state index is 0.0212. The maximum Gasteiger partial charge on any atom is 0.327 e. The number of carbonyl (C=O) groups excluding carboxylic acids is 2. The Labute approximate surface area is 198 Å². The Hall–Kier alpha value is -1.40. The number of amides is 1. The summed E-state index contributed by atoms with van der Waals surface area (Å²) in [7, 11) is 0. The van der Waals surface area contributed by atoms with Crippen molar-refractivity contribution in [1.82, 2.24) is 5.32 Å². The minimum atomic E-state index is -1.18. The fourth-order valence-electron chi connectivity index (χ4n) is 5.86. The lowest BCUT2D eigenvalue weighted by Crippen LogP contribution is -2.70. The molecule has 4 saturated heterocycles. The van der Waals surface area contributed by atoms with E-state index in [2.05, 4.69) is 24.9 Å². The van der Waals surface area contributed by atoms with E-state index in [4.69, 9.17) is 29.1 Å². The van der Waals surface area contributed by atoms with Crippen LogP contribution in [0.1, 0.15) is 59.3 Å². The monoisotopic (exact) mass is 487 g/mol. The molecule has 1 saturated carbocycles. The highest BCUT2D eigenvalue weighted by atomic mass is 32.1. The lowest BCUT2D eigenvalue weighted by molar-refractivity contribution is -0.576. The Morgan fingerprint density at radius 1 is 1.15 bits per heavy atom. The number of hydrogen-bond donors (Lipinski definition) is 3. The van der Waals surface area contributed by atoms with Crippen molar-refractivity contribution in [3.63, 3.8) is 0 Å². The summed E-state index contributed by atoms with van der Waals surface area (Å²) in [5.41, 5.74) is -0.741. The van der Waals surface area contributed by atoms with Gasteiger partial charge in [0.25, 0.3) is 0 Å². The molecule has 0 aromatic heterocycles. The highest BCUT2D eigenvalue weighted by Gasteiger charge is 2.69. The molecule has 5 aliphatic rings. The van der Waals surface area contributed by atoms with Crippen molar-refractivity contribution < 1.29 is 43.5 Å². The number of carboxylic acids is 1. The van der Waals surface area contributed by atoms with E-state index in [-0.39, 0.29) is 36.3 Å². The molecule has 4 aliphatic heterocycles. The van der Waals surface area contributed by atoms with Crippen LogP contribution in [0.25, 0.3) is 0 Å². The quantitative estimate of drug-likeness (QED) is 0.280. The van der Waals surface area contributed by atoms with Crippen LogP contribution in [-0.2, 0) is 38.4 Å². The molecule has 0 unspecified atom stereocenters. The number of aliphatic carboxylic acids is 1. The topological polar surface area (TPSA) is 130 Å². The third kappa shape index (κ3) is 4.50. The van der Waals surface area contributed by atoms with Crippen LogP contribution in [0.4, 0.5) is 0 Å². The third-order valence-electron chi connectivity index (χ3n) is 7.72. The molecule has 2 bridgehead atoms. The van der Waals surface area contributed by atoms with Crippen molar-refractivity contribution >= 4 is 30.5 Å². The van der Waals surface area contributed by atoms with Gasteiger partial charge in [-0.05, 0) is 38.0 Å². The first-order valence-corrected chi connectivity index (χ1v) is 12.3. The first-order valence-electron chi connectivity index (χ1n) is 11.6. The molecule has 9 atom stereocenters. The summed E-state index contributed by atoms with van der Waals surface area (Å²) >= 11 is 3.90. The molecule has 1 aliphatic carbocycles. The average Bonchev–Trinajstić information content (AvgIpc) is 3.00. The maximum atomic E-state index is 12.5. The molecule has 0 aromatic rings. The second-order valence-corrected chi connectivity index (χ2v) is 10.3. The number of ether oxygens (including phenoxy) is 3. The second kappa shape index (κ2) is 9.33. The smallest absolute Gasteiger partial charge is 0.327 e. The van der Waals surface area contributed by atoms with Gasteiger partial charge < -0.3 is 24.6 Å². The second-order valence-electron chi connectivity index (χ2n) is 9.90. The van der Waals surface area contributed by atoms with Crippen molar-refractivity contribution in [3.05, 3.63) is 0 Å². The van der Waals surface area contributed by atoms with E-state index in [0.717, 1.165) is 19.3 Å². The van der Waals surface area contributed by atoms with Crippen LogP contribution in [-0.4, -0.2) is 58.7 Å². The molecule has 1 amide bonds. The summed E-state index contributed by atoms with van der Waals surface area (Å²) in [5.74, 6) is -2.81. The zero-order valence-electron chi connectivity index (χ0n) is 19.2. The van der Waals surface area contributed by atoms with Crippen LogP contribution >= 0.6 is 12.6 Å². The van der Waals surface area contributed by atoms with Gasteiger partial charge in [-0.25, -0.2) is 14.6 Å². The number of rotatable bonds is 7. The SMILES string of the molecule is C[C@H]1[C@H](OC(=O)CCC(=O)N[C@H](CS)C(=O)O)O[C@@H]2O[C@]3(C)CC[C@H]4[C@H](C)CC[C@@H]1[C@@]24OO3. The Morgan fingerprint density at radius 2 is 1.91 bits per heavy atom. The number of esters is 1. The van der Waals surface area contributed by atoms with Crippen LogP contribution in [0.2, 0.25) is 0 Å². The Bertz CT molecular complexity index is 796. The van der Waals surface area contributed by atoms with E-state index >= 15 is 0 Å². The molecule has 0 aromatic carbocycles. The Kier molecular flexibility index (Phi) is 6.99. The molecule has 10 nitrogen and oxygen atoms in total. The summed E-state index contributed by atoms with van der Waals surface area (Å²) in [6.45, 7) is 6.02. The molecular formula is C22H33NO9S. The van der Waals surface area contributed by atoms with Gasteiger partial charge in [0.15, 0.2) is 11.9 Å². The van der Waals surface area contributed by atoms with Crippen LogP contribution < -0.4 is 5.32 Å². The van der Waals surface area contributed by atoms with E-state index < -0.39 is 47.9 Å². The van der Waals surface area contributed by atoms with Gasteiger partial charge >= 0.3 is 11.9 Å². The van der Waals surface area contributed by atoms with E-state index in [0.29, 0.717) is 12.3 Å². The first kappa shape index (κ1) is 24.7. The maximum absolute atomic E-state index is 12.5. The van der Waals surface area contributed by atoms with Gasteiger partial charge in [0, 0.05) is 30.4 Å². The first-order chi connectivity index (χ1) is 15.6. The Morgan fingerprint density at radius 3 is 2.61 bits per heavy atom. The van der Waals surface area contributed by atoms with Gasteiger partial charge in [0.05, 0.1) is 6.42 Å². The highest BCUT2D eigenvalue weighted by Crippen LogP contribution is 2.60. The minimum Gasteiger partial charge on any atom is -0.480 e. The zero-order chi connectivity index (χ0) is 24.0. The van der Waals surface area contributed by atoms with Crippen LogP contribution in [0.5, 0.6) is 0 Å². The van der Waals surface area contributed by atoms with E-state index in [9.17, 15) is 14.4 Å². The summed E-state index contributed by atoms with van der Waals surface area (Å²) in [6.07, 6.45) is 1.54. The number of hydrogen-bond acceptors (Lipinski definition) is 9. The van der Waals surface area contributed by atoms with Gasteiger partial charge in [-0.15, -0.1) is 0 Å². The number of thiol groups is 1. The van der Waals surface area contributed by atoms with Crippen LogP contribution in [0.3, 0.4) is 0 Å². The molecule has 5 fully saturated rings. The molecule has 33 heavy (non-hydrogen) atoms. The van der Waals surface area contributed by atoms with E-state index in [1.807, 2.05) is 13.8 Å². The van der Waals surface area contributed by atoms with Gasteiger partial charge in [0.1, 0.15) is 6.04 Å². The van der Waals surface area contributed by atoms with E-state index in [1.54, 1.807) is 0 Å². The Balaban J connectivity index is 1.41. The van der Waals surface area contributed by atoms with E-state index in [1.165, 1.54) is 0 Å². The molecule has 2 N–H and O–H groups in total. The molecule has 186 valence electrons. The standard InChI is InChI=1S/C22H33NO9S/c1-11-4-5-14-12(2)19(28-17(25)7-6-16(24)23-15(10-33)18(26)27)29-20-22(14)13(11)8-9-21(3,30-20)31-32-22/h11-15,19-20,33H,4-10H2,1-3H3,(H,23,24)(H,26,27)/t11-,12-,13+,14+,15-,19-,20-,21+,22-/m1/s1. The largest absolute Gasteiger partial charge is 0.480 e. The molecule has 4 heterocycles. The van der Waals surface area contributed by atoms with Crippen LogP contribution in [0.15, 0.2) is 0 Å². The summed E-state index contributed by atoms with van der Waals surface area (Å²) in [6, 6.07) is -1.11. The van der Waals surface area contributed by atoms with Crippen molar-refractivity contribution in [2.75, 3.05) is 5.75 Å². The lowest BCUT2D eigenvalue weighted by Gasteiger charge is -2.59. The van der Waals surface area contributed by atoms with Crippen molar-refractivity contribution in [2.45, 2.75) is 89.3 Å². The van der Waals surface area contributed by atoms with Crippen molar-refractivity contribution in [2.24, 2.45) is 23.7 Å². The molecular weight excluding hydrogens is 454 g/mol. The summed E-state index contributed by atoms with van der Waals surface area (Å²) in [4.78, 5) is 47.4. The number of nitrogens with one attached hydrogen (secondary N) is 1. The molecule has 5 rings (SSSR count). The third-order valence-corrected chi connectivity index (χ3v) is 8.08. The average molecular weight is 488 g/mol. The molecule has 0 radical (unpaired) electrons. The number of carboxylic acid groups (broad SMARTS) is 1. The fraction of sp³-hybridized carbons (Fsp3) is 0.864. The fourth-order valence-corrected chi connectivity index (χ4v) is 6.11. The lowest BCUT2D eigenvalue weighted by atomic mass is 9.58. The number of carbonyl (C=O) groups is 3. The molecule has 11 heteroatoms. The predicted molar refractivity (Wildman–Crippen MR) is 116 cm³/mol. The van der Waals surface area contributed by atoms with Gasteiger partial charge in [-0.3, -0.25) is 9.59 Å².